The van der Waals surface area contributed by atoms with E-state index in [1.165, 1.54) is 18.9 Å². The number of hydrogen-bond acceptors (Lipinski definition) is 4. The number of nitrogens with zero attached hydrogens (tertiary/aromatic N) is 1. The lowest BCUT2D eigenvalue weighted by Gasteiger charge is -2.11. The van der Waals surface area contributed by atoms with E-state index in [1.54, 1.807) is 6.07 Å². The lowest BCUT2D eigenvalue weighted by molar-refractivity contribution is 0.534. The van der Waals surface area contributed by atoms with Crippen LogP contribution in [0.25, 0.3) is 0 Å². The highest BCUT2D eigenvalue weighted by atomic mass is 32.2. The van der Waals surface area contributed by atoms with Crippen molar-refractivity contribution in [1.29, 1.82) is 0 Å². The van der Waals surface area contributed by atoms with Crippen LogP contribution in [-0.2, 0) is 16.6 Å². The van der Waals surface area contributed by atoms with Crippen molar-refractivity contribution < 1.29 is 8.42 Å². The van der Waals surface area contributed by atoms with E-state index in [-0.39, 0.29) is 4.21 Å². The molecule has 0 saturated heterocycles. The third-order valence-electron chi connectivity index (χ3n) is 3.16. The molecule has 0 atom stereocenters. The summed E-state index contributed by atoms with van der Waals surface area (Å²) in [6, 6.07) is 3.28. The summed E-state index contributed by atoms with van der Waals surface area (Å²) in [5.74, 6) is 1.49. The summed E-state index contributed by atoms with van der Waals surface area (Å²) in [5.41, 5.74) is 0. The molecule has 0 aliphatic carbocycles. The number of thiophene rings is 1. The minimum absolute atomic E-state index is 0.175. The first kappa shape index (κ1) is 19.9. The normalized spacial score (nSPS) is 12.7. The van der Waals surface area contributed by atoms with Gasteiger partial charge in [0.25, 0.3) is 0 Å². The van der Waals surface area contributed by atoms with Gasteiger partial charge in [0.2, 0.25) is 10.0 Å². The number of hydrogen-bond donors (Lipinski definition) is 3. The van der Waals surface area contributed by atoms with Crippen molar-refractivity contribution in [3.8, 4) is 0 Å². The van der Waals surface area contributed by atoms with Crippen LogP contribution in [0.4, 0.5) is 0 Å². The molecule has 0 aliphatic rings. The topological polar surface area (TPSA) is 96.6 Å². The van der Waals surface area contributed by atoms with Gasteiger partial charge in [-0.3, -0.25) is 0 Å². The number of sulfonamides is 1. The van der Waals surface area contributed by atoms with Crippen LogP contribution in [0.15, 0.2) is 21.3 Å². The molecular formula is C15H28N4O2S2. The van der Waals surface area contributed by atoms with E-state index >= 15 is 0 Å². The van der Waals surface area contributed by atoms with Crippen molar-refractivity contribution >= 4 is 27.3 Å². The molecule has 0 unspecified atom stereocenters. The molecule has 1 heterocycles. The second-order valence-electron chi connectivity index (χ2n) is 5.78. The van der Waals surface area contributed by atoms with Crippen LogP contribution in [-0.4, -0.2) is 27.5 Å². The molecule has 1 aromatic rings. The molecule has 8 heteroatoms. The smallest absolute Gasteiger partial charge is 0.247 e. The zero-order valence-electron chi connectivity index (χ0n) is 14.1. The molecule has 0 aromatic carbocycles. The predicted octanol–water partition coefficient (Wildman–Crippen LogP) is 2.28. The minimum Gasteiger partial charge on any atom is -0.357 e. The Morgan fingerprint density at radius 2 is 2.04 bits per heavy atom. The molecule has 0 bridgehead atoms. The van der Waals surface area contributed by atoms with Gasteiger partial charge in [-0.05, 0) is 31.4 Å². The van der Waals surface area contributed by atoms with Crippen LogP contribution in [0, 0.1) is 5.92 Å². The van der Waals surface area contributed by atoms with Gasteiger partial charge in [-0.25, -0.2) is 18.5 Å². The zero-order valence-corrected chi connectivity index (χ0v) is 15.8. The molecule has 0 aliphatic heterocycles. The molecular weight excluding hydrogens is 332 g/mol. The Labute approximate surface area is 143 Å². The van der Waals surface area contributed by atoms with Gasteiger partial charge in [-0.2, -0.15) is 0 Å². The predicted molar refractivity (Wildman–Crippen MR) is 97.2 cm³/mol. The Balaban J connectivity index is 2.49. The van der Waals surface area contributed by atoms with E-state index in [0.29, 0.717) is 6.54 Å². The molecule has 6 nitrogen and oxygen atoms in total. The number of nitrogens with one attached hydrogen (secondary N) is 2. The van der Waals surface area contributed by atoms with E-state index in [9.17, 15) is 8.42 Å². The average molecular weight is 361 g/mol. The Hall–Kier alpha value is -1.12. The highest BCUT2D eigenvalue weighted by molar-refractivity contribution is 7.91. The van der Waals surface area contributed by atoms with Crippen LogP contribution < -0.4 is 15.8 Å². The van der Waals surface area contributed by atoms with E-state index in [2.05, 4.69) is 29.5 Å². The maximum absolute atomic E-state index is 11.3. The van der Waals surface area contributed by atoms with Gasteiger partial charge in [0, 0.05) is 18.0 Å². The molecule has 132 valence electrons. The molecule has 4 N–H and O–H groups in total. The molecule has 1 rings (SSSR count). The second-order valence-corrected chi connectivity index (χ2v) is 8.73. The van der Waals surface area contributed by atoms with Crippen LogP contribution in [0.5, 0.6) is 0 Å². The summed E-state index contributed by atoms with van der Waals surface area (Å²) >= 11 is 1.16. The van der Waals surface area contributed by atoms with Gasteiger partial charge < -0.3 is 10.6 Å². The molecule has 1 aromatic heterocycles. The molecule has 0 fully saturated rings. The van der Waals surface area contributed by atoms with Gasteiger partial charge in [-0.1, -0.05) is 26.7 Å². The van der Waals surface area contributed by atoms with Crippen LogP contribution in [0.1, 0.15) is 44.9 Å². The summed E-state index contributed by atoms with van der Waals surface area (Å²) < 4.78 is 22.7. The number of unbranched alkanes of at least 4 members (excludes halogenated alkanes) is 1. The van der Waals surface area contributed by atoms with E-state index in [1.807, 2.05) is 6.92 Å². The van der Waals surface area contributed by atoms with Crippen LogP contribution in [0.2, 0.25) is 0 Å². The van der Waals surface area contributed by atoms with E-state index in [4.69, 9.17) is 5.14 Å². The maximum Gasteiger partial charge on any atom is 0.247 e. The van der Waals surface area contributed by atoms with Crippen LogP contribution in [0.3, 0.4) is 0 Å². The third-order valence-corrected chi connectivity index (χ3v) is 5.66. The van der Waals surface area contributed by atoms with Gasteiger partial charge in [0.05, 0.1) is 6.54 Å². The summed E-state index contributed by atoms with van der Waals surface area (Å²) in [6.45, 7) is 8.57. The van der Waals surface area contributed by atoms with Crippen molar-refractivity contribution in [2.45, 2.75) is 50.8 Å². The van der Waals surface area contributed by atoms with E-state index < -0.39 is 10.0 Å². The van der Waals surface area contributed by atoms with Crippen molar-refractivity contribution in [3.05, 3.63) is 17.0 Å². The second kappa shape index (κ2) is 9.89. The van der Waals surface area contributed by atoms with Crippen LogP contribution >= 0.6 is 11.3 Å². The quantitative estimate of drug-likeness (QED) is 0.357. The summed E-state index contributed by atoms with van der Waals surface area (Å²) in [6.07, 6.45) is 3.55. The average Bonchev–Trinajstić information content (AvgIpc) is 2.93. The fourth-order valence-electron chi connectivity index (χ4n) is 1.98. The standard InChI is InChI=1S/C15H28N4O2S2/c1-4-17-15(18-10-6-5-7-12(2)3)19-11-13-8-9-14(22-13)23(16,20)21/h8-9,12H,4-7,10-11H2,1-3H3,(H2,16,20,21)(H2,17,18,19). The lowest BCUT2D eigenvalue weighted by atomic mass is 10.1. The molecule has 0 amide bonds. The number of nitrogens with two attached hydrogens (primary N) is 1. The van der Waals surface area contributed by atoms with Gasteiger partial charge in [-0.15, -0.1) is 11.3 Å². The van der Waals surface area contributed by atoms with Crippen molar-refractivity contribution in [2.75, 3.05) is 13.1 Å². The fraction of sp³-hybridized carbons (Fsp3) is 0.667. The first-order valence-corrected chi connectivity index (χ1v) is 10.3. The number of aliphatic imine (C=N–C) groups is 1. The zero-order chi connectivity index (χ0) is 17.3. The highest BCUT2D eigenvalue weighted by Gasteiger charge is 2.10. The van der Waals surface area contributed by atoms with Crippen molar-refractivity contribution in [3.63, 3.8) is 0 Å². The van der Waals surface area contributed by atoms with Crippen molar-refractivity contribution in [1.82, 2.24) is 10.6 Å². The summed E-state index contributed by atoms with van der Waals surface area (Å²) in [5, 5.41) is 11.6. The van der Waals surface area contributed by atoms with Gasteiger partial charge >= 0.3 is 0 Å². The minimum atomic E-state index is -3.62. The molecule has 0 spiro atoms. The Morgan fingerprint density at radius 3 is 2.61 bits per heavy atom. The van der Waals surface area contributed by atoms with Gasteiger partial charge in [0.1, 0.15) is 4.21 Å². The maximum atomic E-state index is 11.3. The van der Waals surface area contributed by atoms with Crippen molar-refractivity contribution in [2.24, 2.45) is 16.0 Å². The summed E-state index contributed by atoms with van der Waals surface area (Å²) in [4.78, 5) is 5.35. The lowest BCUT2D eigenvalue weighted by Crippen LogP contribution is -2.37. The Kier molecular flexibility index (Phi) is 8.57. The summed E-state index contributed by atoms with van der Waals surface area (Å²) in [7, 11) is -3.62. The number of rotatable bonds is 9. The van der Waals surface area contributed by atoms with Gasteiger partial charge in [0.15, 0.2) is 5.96 Å². The number of guanidine groups is 1. The molecule has 0 radical (unpaired) electrons. The first-order chi connectivity index (χ1) is 10.8. The number of primary sulfonamides is 1. The monoisotopic (exact) mass is 360 g/mol. The molecule has 0 saturated carbocycles. The highest BCUT2D eigenvalue weighted by Crippen LogP contribution is 2.20. The fourth-order valence-corrected chi connectivity index (χ4v) is 3.68. The molecule has 23 heavy (non-hydrogen) atoms. The Bertz CT molecular complexity index is 594. The van der Waals surface area contributed by atoms with E-state index in [0.717, 1.165) is 47.6 Å². The largest absolute Gasteiger partial charge is 0.357 e. The first-order valence-electron chi connectivity index (χ1n) is 7.96. The SMILES string of the molecule is CCNC(=NCc1ccc(S(N)(=O)=O)s1)NCCCCC(C)C. The third kappa shape index (κ3) is 8.34. The Morgan fingerprint density at radius 1 is 1.30 bits per heavy atom.